The van der Waals surface area contributed by atoms with Crippen LogP contribution in [0.3, 0.4) is 0 Å². The third-order valence-electron chi connectivity index (χ3n) is 4.74. The van der Waals surface area contributed by atoms with Gasteiger partial charge in [-0.3, -0.25) is 4.79 Å². The van der Waals surface area contributed by atoms with Gasteiger partial charge in [-0.05, 0) is 62.7 Å². The molecule has 32 heavy (non-hydrogen) atoms. The standard InChI is InChI=1S/C24H23Cl2NO4S/c1-17-5-10-20(11-6-17)27(32(29,30)21-12-7-18(2)8-13-21)24(28)4-3-15-31-23-14-9-19(25)16-22(23)26/h5-14,16H,3-4,15H2,1-2H3. The van der Waals surface area contributed by atoms with E-state index in [9.17, 15) is 13.2 Å². The fourth-order valence-corrected chi connectivity index (χ4v) is 4.92. The summed E-state index contributed by atoms with van der Waals surface area (Å²) in [7, 11) is -4.08. The molecule has 0 radical (unpaired) electrons. The maximum atomic E-state index is 13.3. The van der Waals surface area contributed by atoms with Crippen molar-refractivity contribution in [2.75, 3.05) is 10.9 Å². The van der Waals surface area contributed by atoms with Crippen LogP contribution in [-0.4, -0.2) is 20.9 Å². The van der Waals surface area contributed by atoms with Crippen LogP contribution in [0.15, 0.2) is 71.6 Å². The summed E-state index contributed by atoms with van der Waals surface area (Å²) in [6.07, 6.45) is 0.285. The van der Waals surface area contributed by atoms with Crippen LogP contribution in [0.1, 0.15) is 24.0 Å². The highest BCUT2D eigenvalue weighted by Crippen LogP contribution is 2.28. The van der Waals surface area contributed by atoms with Gasteiger partial charge in [-0.2, -0.15) is 0 Å². The first-order chi connectivity index (χ1) is 15.2. The molecule has 0 unspecified atom stereocenters. The molecule has 5 nitrogen and oxygen atoms in total. The maximum Gasteiger partial charge on any atom is 0.270 e. The molecule has 3 aromatic rings. The second-order valence-corrected chi connectivity index (χ2v) is 9.97. The zero-order valence-electron chi connectivity index (χ0n) is 17.7. The monoisotopic (exact) mass is 491 g/mol. The van der Waals surface area contributed by atoms with E-state index in [1.54, 1.807) is 54.6 Å². The van der Waals surface area contributed by atoms with Gasteiger partial charge < -0.3 is 4.74 Å². The molecule has 0 saturated heterocycles. The SMILES string of the molecule is Cc1ccc(N(C(=O)CCCOc2ccc(Cl)cc2Cl)S(=O)(=O)c2ccc(C)cc2)cc1. The van der Waals surface area contributed by atoms with Crippen molar-refractivity contribution in [2.45, 2.75) is 31.6 Å². The molecule has 1 amide bonds. The van der Waals surface area contributed by atoms with Crippen molar-refractivity contribution in [3.8, 4) is 5.75 Å². The lowest BCUT2D eigenvalue weighted by Gasteiger charge is -2.23. The van der Waals surface area contributed by atoms with Crippen molar-refractivity contribution in [3.63, 3.8) is 0 Å². The Kier molecular flexibility index (Phi) is 7.82. The number of amides is 1. The molecular weight excluding hydrogens is 469 g/mol. The lowest BCUT2D eigenvalue weighted by atomic mass is 10.2. The minimum absolute atomic E-state index is 0.0236. The van der Waals surface area contributed by atoms with E-state index in [1.165, 1.54) is 12.1 Å². The number of carbonyl (C=O) groups is 1. The molecule has 3 aromatic carbocycles. The Morgan fingerprint density at radius 2 is 1.50 bits per heavy atom. The number of sulfonamides is 1. The summed E-state index contributed by atoms with van der Waals surface area (Å²) in [4.78, 5) is 13.1. The van der Waals surface area contributed by atoms with E-state index in [4.69, 9.17) is 27.9 Å². The molecule has 3 rings (SSSR count). The summed E-state index contributed by atoms with van der Waals surface area (Å²) < 4.78 is 33.2. The van der Waals surface area contributed by atoms with E-state index >= 15 is 0 Å². The lowest BCUT2D eigenvalue weighted by Crippen LogP contribution is -2.37. The highest BCUT2D eigenvalue weighted by Gasteiger charge is 2.30. The fourth-order valence-electron chi connectivity index (χ4n) is 3.01. The first-order valence-corrected chi connectivity index (χ1v) is 12.2. The van der Waals surface area contributed by atoms with Gasteiger partial charge in [0.05, 0.1) is 22.2 Å². The Hall–Kier alpha value is -2.54. The van der Waals surface area contributed by atoms with Crippen molar-refractivity contribution in [3.05, 3.63) is 87.9 Å². The Labute approximate surface area is 198 Å². The highest BCUT2D eigenvalue weighted by atomic mass is 35.5. The van der Waals surface area contributed by atoms with E-state index in [0.29, 0.717) is 27.9 Å². The first kappa shape index (κ1) is 24.1. The Morgan fingerprint density at radius 1 is 0.906 bits per heavy atom. The van der Waals surface area contributed by atoms with Crippen molar-refractivity contribution in [2.24, 2.45) is 0 Å². The van der Waals surface area contributed by atoms with Crippen LogP contribution in [0.4, 0.5) is 5.69 Å². The summed E-state index contributed by atoms with van der Waals surface area (Å²) in [5.41, 5.74) is 2.18. The molecule has 0 aliphatic rings. The summed E-state index contributed by atoms with van der Waals surface area (Å²) in [5, 5.41) is 0.861. The average Bonchev–Trinajstić information content (AvgIpc) is 2.74. The van der Waals surface area contributed by atoms with E-state index < -0.39 is 15.9 Å². The van der Waals surface area contributed by atoms with Gasteiger partial charge in [0.15, 0.2) is 0 Å². The van der Waals surface area contributed by atoms with Crippen LogP contribution >= 0.6 is 23.2 Å². The van der Waals surface area contributed by atoms with Crippen LogP contribution < -0.4 is 9.04 Å². The van der Waals surface area contributed by atoms with Crippen LogP contribution in [0.25, 0.3) is 0 Å². The van der Waals surface area contributed by atoms with Gasteiger partial charge >= 0.3 is 0 Å². The van der Waals surface area contributed by atoms with Gasteiger partial charge in [0.2, 0.25) is 5.91 Å². The summed E-state index contributed by atoms with van der Waals surface area (Å²) in [6.45, 7) is 3.95. The topological polar surface area (TPSA) is 63.7 Å². The summed E-state index contributed by atoms with van der Waals surface area (Å²) in [6, 6.07) is 18.1. The number of hydrogen-bond acceptors (Lipinski definition) is 4. The quantitative estimate of drug-likeness (QED) is 0.352. The Balaban J connectivity index is 1.77. The van der Waals surface area contributed by atoms with E-state index in [0.717, 1.165) is 15.4 Å². The Bertz CT molecular complexity index is 1190. The smallest absolute Gasteiger partial charge is 0.270 e. The predicted molar refractivity (Wildman–Crippen MR) is 128 cm³/mol. The molecule has 0 aromatic heterocycles. The van der Waals surface area contributed by atoms with Crippen LogP contribution in [-0.2, 0) is 14.8 Å². The van der Waals surface area contributed by atoms with Crippen LogP contribution in [0.5, 0.6) is 5.75 Å². The van der Waals surface area contributed by atoms with Crippen LogP contribution in [0, 0.1) is 13.8 Å². The molecule has 0 heterocycles. The molecular formula is C24H23Cl2NO4S. The predicted octanol–water partition coefficient (Wildman–Crippen LogP) is 6.19. The molecule has 0 bridgehead atoms. The number of carbonyl (C=O) groups excluding carboxylic acids is 1. The van der Waals surface area contributed by atoms with Gasteiger partial charge in [0.1, 0.15) is 5.75 Å². The number of ether oxygens (including phenoxy) is 1. The molecule has 0 aliphatic carbocycles. The second kappa shape index (κ2) is 10.4. The number of rotatable bonds is 8. The number of benzene rings is 3. The Morgan fingerprint density at radius 3 is 2.09 bits per heavy atom. The fraction of sp³-hybridized carbons (Fsp3) is 0.208. The third-order valence-corrected chi connectivity index (χ3v) is 7.03. The maximum absolute atomic E-state index is 13.3. The largest absolute Gasteiger partial charge is 0.492 e. The van der Waals surface area contributed by atoms with Crippen molar-refractivity contribution in [1.29, 1.82) is 0 Å². The third kappa shape index (κ3) is 5.82. The number of halogens is 2. The highest BCUT2D eigenvalue weighted by molar-refractivity contribution is 7.93. The second-order valence-electron chi connectivity index (χ2n) is 7.34. The summed E-state index contributed by atoms with van der Waals surface area (Å²) in [5.74, 6) is -0.0913. The average molecular weight is 492 g/mol. The van der Waals surface area contributed by atoms with Gasteiger partial charge in [0.25, 0.3) is 10.0 Å². The van der Waals surface area contributed by atoms with Gasteiger partial charge in [-0.25, -0.2) is 12.7 Å². The lowest BCUT2D eigenvalue weighted by molar-refractivity contribution is -0.117. The number of anilines is 1. The minimum Gasteiger partial charge on any atom is -0.492 e. The molecule has 0 saturated carbocycles. The molecule has 8 heteroatoms. The van der Waals surface area contributed by atoms with E-state index in [2.05, 4.69) is 0 Å². The number of hydrogen-bond donors (Lipinski definition) is 0. The van der Waals surface area contributed by atoms with E-state index in [1.807, 2.05) is 13.8 Å². The van der Waals surface area contributed by atoms with Crippen molar-refractivity contribution in [1.82, 2.24) is 0 Å². The zero-order chi connectivity index (χ0) is 23.3. The molecule has 0 fully saturated rings. The van der Waals surface area contributed by atoms with Gasteiger partial charge in [-0.1, -0.05) is 58.6 Å². The first-order valence-electron chi connectivity index (χ1n) is 9.98. The van der Waals surface area contributed by atoms with Gasteiger partial charge in [-0.15, -0.1) is 0 Å². The molecule has 0 N–H and O–H groups in total. The normalized spacial score (nSPS) is 11.2. The van der Waals surface area contributed by atoms with Crippen molar-refractivity contribution >= 4 is 44.8 Å². The zero-order valence-corrected chi connectivity index (χ0v) is 20.0. The van der Waals surface area contributed by atoms with Crippen LogP contribution in [0.2, 0.25) is 10.0 Å². The molecule has 0 atom stereocenters. The number of nitrogens with zero attached hydrogens (tertiary/aromatic N) is 1. The molecule has 0 spiro atoms. The molecule has 168 valence electrons. The minimum atomic E-state index is -4.08. The number of aryl methyl sites for hydroxylation is 2. The molecule has 0 aliphatic heterocycles. The van der Waals surface area contributed by atoms with E-state index in [-0.39, 0.29) is 17.9 Å². The van der Waals surface area contributed by atoms with Gasteiger partial charge in [0, 0.05) is 11.4 Å². The summed E-state index contributed by atoms with van der Waals surface area (Å²) >= 11 is 12.0. The van der Waals surface area contributed by atoms with Crippen molar-refractivity contribution < 1.29 is 17.9 Å².